The van der Waals surface area contributed by atoms with Gasteiger partial charge in [0, 0.05) is 0 Å². The summed E-state index contributed by atoms with van der Waals surface area (Å²) in [6.07, 6.45) is 0. The van der Waals surface area contributed by atoms with Gasteiger partial charge in [-0.25, -0.2) is 4.79 Å². The highest BCUT2D eigenvalue weighted by Gasteiger charge is 2.11. The second-order valence-corrected chi connectivity index (χ2v) is 2.52. The highest BCUT2D eigenvalue weighted by atomic mass is 16.4. The Hall–Kier alpha value is -1.29. The van der Waals surface area contributed by atoms with Crippen molar-refractivity contribution in [1.29, 1.82) is 0 Å². The number of aromatic carboxylic acids is 1. The molecule has 1 rings (SSSR count). The van der Waals surface area contributed by atoms with E-state index in [1.54, 1.807) is 13.1 Å². The average molecular weight is 169 g/mol. The van der Waals surface area contributed by atoms with Crippen LogP contribution < -0.4 is 5.32 Å². The van der Waals surface area contributed by atoms with Gasteiger partial charge in [0.15, 0.2) is 0 Å². The standard InChI is InChI=1S/C8H11NO3/c1-5(9-2)6-3-4-7(12-6)8(10)11/h3-5,9H,1-2H3,(H,10,11)/t5-/m1/s1. The number of hydrogen-bond donors (Lipinski definition) is 2. The van der Waals surface area contributed by atoms with E-state index in [9.17, 15) is 4.79 Å². The number of furan rings is 1. The Balaban J connectivity index is 2.84. The van der Waals surface area contributed by atoms with Gasteiger partial charge in [-0.15, -0.1) is 0 Å². The lowest BCUT2D eigenvalue weighted by molar-refractivity contribution is 0.0659. The smallest absolute Gasteiger partial charge is 0.371 e. The van der Waals surface area contributed by atoms with Crippen LogP contribution >= 0.6 is 0 Å². The van der Waals surface area contributed by atoms with E-state index in [0.717, 1.165) is 0 Å². The van der Waals surface area contributed by atoms with E-state index in [0.29, 0.717) is 5.76 Å². The lowest BCUT2D eigenvalue weighted by Gasteiger charge is -2.04. The minimum Gasteiger partial charge on any atom is -0.475 e. The Labute approximate surface area is 70.2 Å². The number of rotatable bonds is 3. The minimum absolute atomic E-state index is 0.0212. The topological polar surface area (TPSA) is 62.5 Å². The van der Waals surface area contributed by atoms with Gasteiger partial charge >= 0.3 is 5.97 Å². The van der Waals surface area contributed by atoms with Crippen molar-refractivity contribution in [2.75, 3.05) is 7.05 Å². The molecule has 66 valence electrons. The van der Waals surface area contributed by atoms with E-state index in [-0.39, 0.29) is 11.8 Å². The van der Waals surface area contributed by atoms with Crippen molar-refractivity contribution in [3.05, 3.63) is 23.7 Å². The largest absolute Gasteiger partial charge is 0.475 e. The van der Waals surface area contributed by atoms with Crippen LogP contribution in [-0.4, -0.2) is 18.1 Å². The van der Waals surface area contributed by atoms with E-state index in [1.807, 2.05) is 6.92 Å². The molecule has 4 nitrogen and oxygen atoms in total. The van der Waals surface area contributed by atoms with Gasteiger partial charge in [-0.05, 0) is 26.1 Å². The number of carboxylic acid groups (broad SMARTS) is 1. The van der Waals surface area contributed by atoms with Gasteiger partial charge in [0.25, 0.3) is 0 Å². The SMILES string of the molecule is CN[C@H](C)c1ccc(C(=O)O)o1. The fraction of sp³-hybridized carbons (Fsp3) is 0.375. The molecule has 0 spiro atoms. The van der Waals surface area contributed by atoms with Gasteiger partial charge in [0.2, 0.25) is 5.76 Å². The molecule has 0 aliphatic carbocycles. The van der Waals surface area contributed by atoms with E-state index in [4.69, 9.17) is 9.52 Å². The Morgan fingerprint density at radius 1 is 1.67 bits per heavy atom. The van der Waals surface area contributed by atoms with Gasteiger partial charge in [0.05, 0.1) is 6.04 Å². The second-order valence-electron chi connectivity index (χ2n) is 2.52. The highest BCUT2D eigenvalue weighted by Crippen LogP contribution is 2.15. The predicted molar refractivity (Wildman–Crippen MR) is 43.1 cm³/mol. The zero-order chi connectivity index (χ0) is 9.14. The molecule has 0 saturated carbocycles. The molecular formula is C8H11NO3. The third-order valence-electron chi connectivity index (χ3n) is 1.70. The fourth-order valence-corrected chi connectivity index (χ4v) is 0.843. The Morgan fingerprint density at radius 2 is 2.33 bits per heavy atom. The number of carbonyl (C=O) groups is 1. The van der Waals surface area contributed by atoms with Gasteiger partial charge in [-0.2, -0.15) is 0 Å². The van der Waals surface area contributed by atoms with Gasteiger partial charge in [-0.3, -0.25) is 0 Å². The van der Waals surface area contributed by atoms with Crippen molar-refractivity contribution in [3.8, 4) is 0 Å². The molecule has 0 fully saturated rings. The molecule has 0 radical (unpaired) electrons. The summed E-state index contributed by atoms with van der Waals surface area (Å²) in [5.74, 6) is -0.424. The molecule has 1 aromatic rings. The number of hydrogen-bond acceptors (Lipinski definition) is 3. The molecule has 1 heterocycles. The maximum absolute atomic E-state index is 10.4. The molecule has 0 bridgehead atoms. The predicted octanol–water partition coefficient (Wildman–Crippen LogP) is 1.26. The Morgan fingerprint density at radius 3 is 2.75 bits per heavy atom. The summed E-state index contributed by atoms with van der Waals surface area (Å²) in [5, 5.41) is 11.5. The number of carboxylic acids is 1. The molecule has 12 heavy (non-hydrogen) atoms. The van der Waals surface area contributed by atoms with E-state index >= 15 is 0 Å². The van der Waals surface area contributed by atoms with Crippen molar-refractivity contribution in [3.63, 3.8) is 0 Å². The summed E-state index contributed by atoms with van der Waals surface area (Å²) in [4.78, 5) is 10.4. The lowest BCUT2D eigenvalue weighted by Crippen LogP contribution is -2.11. The van der Waals surface area contributed by atoms with Crippen LogP contribution in [0.25, 0.3) is 0 Å². The van der Waals surface area contributed by atoms with Crippen molar-refractivity contribution in [1.82, 2.24) is 5.32 Å². The fourth-order valence-electron chi connectivity index (χ4n) is 0.843. The molecule has 1 aromatic heterocycles. The first-order chi connectivity index (χ1) is 5.65. The molecule has 2 N–H and O–H groups in total. The van der Waals surface area contributed by atoms with Crippen LogP contribution in [0, 0.1) is 0 Å². The summed E-state index contributed by atoms with van der Waals surface area (Å²) in [6, 6.07) is 3.15. The first-order valence-electron chi connectivity index (χ1n) is 3.65. The maximum atomic E-state index is 10.4. The first kappa shape index (κ1) is 8.80. The lowest BCUT2D eigenvalue weighted by atomic mass is 10.3. The maximum Gasteiger partial charge on any atom is 0.371 e. The van der Waals surface area contributed by atoms with E-state index in [2.05, 4.69) is 5.32 Å². The second kappa shape index (κ2) is 3.40. The van der Waals surface area contributed by atoms with Crippen LogP contribution in [0.5, 0.6) is 0 Å². The van der Waals surface area contributed by atoms with Crippen molar-refractivity contribution in [2.24, 2.45) is 0 Å². The van der Waals surface area contributed by atoms with Crippen LogP contribution in [0.3, 0.4) is 0 Å². The third-order valence-corrected chi connectivity index (χ3v) is 1.70. The van der Waals surface area contributed by atoms with Crippen molar-refractivity contribution < 1.29 is 14.3 Å². The molecule has 0 saturated heterocycles. The molecule has 4 heteroatoms. The zero-order valence-corrected chi connectivity index (χ0v) is 7.00. The summed E-state index contributed by atoms with van der Waals surface area (Å²) in [5.41, 5.74) is 0. The average Bonchev–Trinajstić information content (AvgIpc) is 2.51. The normalized spacial score (nSPS) is 12.8. The van der Waals surface area contributed by atoms with Gasteiger partial charge in [-0.1, -0.05) is 0 Å². The van der Waals surface area contributed by atoms with Crippen LogP contribution in [0.1, 0.15) is 29.3 Å². The van der Waals surface area contributed by atoms with E-state index in [1.165, 1.54) is 6.07 Å². The van der Waals surface area contributed by atoms with Crippen molar-refractivity contribution >= 4 is 5.97 Å². The zero-order valence-electron chi connectivity index (χ0n) is 7.00. The quantitative estimate of drug-likeness (QED) is 0.715. The Kier molecular flexibility index (Phi) is 2.50. The molecule has 1 atom stereocenters. The highest BCUT2D eigenvalue weighted by molar-refractivity contribution is 5.84. The molecule has 0 aliphatic rings. The van der Waals surface area contributed by atoms with Crippen LogP contribution in [-0.2, 0) is 0 Å². The minimum atomic E-state index is -1.04. The first-order valence-corrected chi connectivity index (χ1v) is 3.65. The molecule has 0 aliphatic heterocycles. The van der Waals surface area contributed by atoms with Gasteiger partial charge in [0.1, 0.15) is 5.76 Å². The Bertz CT molecular complexity index is 280. The molecular weight excluding hydrogens is 158 g/mol. The molecule has 0 amide bonds. The summed E-state index contributed by atoms with van der Waals surface area (Å²) < 4.78 is 5.04. The summed E-state index contributed by atoms with van der Waals surface area (Å²) in [7, 11) is 1.79. The van der Waals surface area contributed by atoms with Crippen LogP contribution in [0.15, 0.2) is 16.5 Å². The summed E-state index contributed by atoms with van der Waals surface area (Å²) in [6.45, 7) is 1.89. The van der Waals surface area contributed by atoms with E-state index < -0.39 is 5.97 Å². The molecule has 0 aromatic carbocycles. The van der Waals surface area contributed by atoms with Crippen LogP contribution in [0.2, 0.25) is 0 Å². The third kappa shape index (κ3) is 1.65. The monoisotopic (exact) mass is 169 g/mol. The van der Waals surface area contributed by atoms with Crippen molar-refractivity contribution in [2.45, 2.75) is 13.0 Å². The van der Waals surface area contributed by atoms with Crippen LogP contribution in [0.4, 0.5) is 0 Å². The van der Waals surface area contributed by atoms with Gasteiger partial charge < -0.3 is 14.8 Å². The number of nitrogens with one attached hydrogen (secondary N) is 1. The summed E-state index contributed by atoms with van der Waals surface area (Å²) >= 11 is 0. The molecule has 0 unspecified atom stereocenters.